The van der Waals surface area contributed by atoms with Crippen molar-refractivity contribution in [3.63, 3.8) is 0 Å². The third-order valence-corrected chi connectivity index (χ3v) is 14.4. The summed E-state index contributed by atoms with van der Waals surface area (Å²) in [6.07, 6.45) is 14.4. The van der Waals surface area contributed by atoms with E-state index in [9.17, 15) is 22.5 Å². The molecule has 0 bridgehead atoms. The first-order chi connectivity index (χ1) is 29.2. The van der Waals surface area contributed by atoms with Gasteiger partial charge in [-0.3, -0.25) is 0 Å². The summed E-state index contributed by atoms with van der Waals surface area (Å²) in [7, 11) is -3.81. The summed E-state index contributed by atoms with van der Waals surface area (Å²) in [5, 5.41) is 5.05. The average molecular weight is 996 g/mol. The Morgan fingerprint density at radius 1 is 0.683 bits per heavy atom. The van der Waals surface area contributed by atoms with Gasteiger partial charge in [0.2, 0.25) is 15.5 Å². The van der Waals surface area contributed by atoms with Gasteiger partial charge in [0.25, 0.3) is 0 Å². The van der Waals surface area contributed by atoms with Crippen molar-refractivity contribution in [1.29, 1.82) is 0 Å². The number of sulfone groups is 1. The second-order valence-corrected chi connectivity index (χ2v) is 22.9. The molecule has 63 heavy (non-hydrogen) atoms. The maximum absolute atomic E-state index is 14.8. The molecule has 0 unspecified atom stereocenters. The Bertz CT molecular complexity index is 2800. The van der Waals surface area contributed by atoms with Gasteiger partial charge in [0.1, 0.15) is 6.54 Å². The van der Waals surface area contributed by atoms with E-state index in [2.05, 4.69) is 148 Å². The summed E-state index contributed by atoms with van der Waals surface area (Å²) in [5.41, 5.74) is 8.84. The molecule has 0 spiro atoms. The van der Waals surface area contributed by atoms with Gasteiger partial charge in [-0.25, -0.2) is 8.42 Å². The molecule has 0 saturated heterocycles. The third-order valence-electron chi connectivity index (χ3n) is 12.4. The summed E-state index contributed by atoms with van der Waals surface area (Å²) in [5.74, 6) is 0. The van der Waals surface area contributed by atoms with E-state index in [4.69, 9.17) is 0 Å². The van der Waals surface area contributed by atoms with E-state index in [1.807, 2.05) is 18.2 Å². The summed E-state index contributed by atoms with van der Waals surface area (Å²) in [6, 6.07) is 35.4. The molecule has 0 fully saturated rings. The van der Waals surface area contributed by atoms with Crippen molar-refractivity contribution < 1.29 is 31.8 Å². The van der Waals surface area contributed by atoms with Crippen molar-refractivity contribution >= 4 is 68.8 Å². The van der Waals surface area contributed by atoms with Crippen LogP contribution in [-0.2, 0) is 20.7 Å². The number of benzene rings is 5. The van der Waals surface area contributed by atoms with Crippen LogP contribution in [0.3, 0.4) is 0 Å². The number of hydrogen-bond donors (Lipinski definition) is 0. The molecule has 12 heteroatoms. The molecule has 0 N–H and O–H groups in total. The van der Waals surface area contributed by atoms with Crippen LogP contribution in [0.15, 0.2) is 154 Å². The van der Waals surface area contributed by atoms with Gasteiger partial charge in [-0.1, -0.05) is 125 Å². The van der Waals surface area contributed by atoms with Gasteiger partial charge >= 0.3 is 34.4 Å². The standard InChI is InChI=1S/C51H55N2O2S.6FH.Sb/c1-7-9-34-52-43-30-26-36-18-14-16-22-41(36)47(43)50(3,4)45(52)32-28-38-24-25-39(49(38)56(54,55)40-20-12-11-13-21-40)29-33-46-51(5,6)48-42-23-17-15-19-37(42)27-31-44(48)53(46)35-10-8-2;;;;;;;/h11-23,26-33H,7-10,24-25,34-35H2,1-6H3;6*1H;/q+1;;;;;;;+5/p-6. The molecule has 0 saturated carbocycles. The Morgan fingerprint density at radius 2 is 1.25 bits per heavy atom. The molecule has 5 aromatic rings. The minimum atomic E-state index is -9.19. The molecule has 0 radical (unpaired) electrons. The van der Waals surface area contributed by atoms with Gasteiger partial charge in [0.05, 0.1) is 15.2 Å². The summed E-state index contributed by atoms with van der Waals surface area (Å²) >= 11 is -9.19. The summed E-state index contributed by atoms with van der Waals surface area (Å²) in [4.78, 5) is 3.27. The third kappa shape index (κ3) is 9.75. The van der Waals surface area contributed by atoms with Crippen molar-refractivity contribution in [3.8, 4) is 0 Å². The predicted molar refractivity (Wildman–Crippen MR) is 247 cm³/mol. The molecule has 0 atom stereocenters. The van der Waals surface area contributed by atoms with Crippen LogP contribution in [0.1, 0.15) is 91.2 Å². The molecular formula is C51H55F6N2O2SSb. The monoisotopic (exact) mass is 994 g/mol. The normalized spacial score (nSPS) is 18.8. The number of anilines is 1. The Kier molecular flexibility index (Phi) is 13.8. The fraction of sp³-hybridized carbons (Fsp3) is 0.314. The van der Waals surface area contributed by atoms with Gasteiger partial charge in [0.15, 0.2) is 5.71 Å². The second kappa shape index (κ2) is 18.1. The zero-order chi connectivity index (χ0) is 44.7. The zero-order valence-corrected chi connectivity index (χ0v) is 40.0. The van der Waals surface area contributed by atoms with E-state index in [0.717, 1.165) is 49.9 Å². The van der Waals surface area contributed by atoms with Gasteiger partial charge in [0, 0.05) is 47.5 Å². The Labute approximate surface area is 372 Å². The van der Waals surface area contributed by atoms with Gasteiger partial charge in [-0.15, -0.1) is 0 Å². The van der Waals surface area contributed by atoms with Crippen molar-refractivity contribution in [1.82, 2.24) is 0 Å². The van der Waals surface area contributed by atoms with E-state index in [1.54, 1.807) is 12.1 Å². The van der Waals surface area contributed by atoms with Crippen molar-refractivity contribution in [2.45, 2.75) is 95.8 Å². The van der Waals surface area contributed by atoms with Crippen LogP contribution in [-0.4, -0.2) is 52.1 Å². The Hall–Kier alpha value is -4.60. The number of unbranched alkanes of at least 4 members (excludes halogenated alkanes) is 2. The van der Waals surface area contributed by atoms with E-state index in [-0.39, 0.29) is 15.5 Å². The number of halogens is 6. The first-order valence-corrected chi connectivity index (χ1v) is 27.8. The van der Waals surface area contributed by atoms with Crippen LogP contribution < -0.4 is 9.60 Å². The van der Waals surface area contributed by atoms with Gasteiger partial charge in [-0.2, -0.15) is 4.58 Å². The number of nitrogens with zero attached hydrogens (tertiary/aromatic N) is 2. The van der Waals surface area contributed by atoms with Crippen LogP contribution in [0, 0.1) is 0 Å². The molecule has 2 aliphatic heterocycles. The molecule has 3 aliphatic rings. The second-order valence-electron chi connectivity index (χ2n) is 17.4. The molecule has 1 aliphatic carbocycles. The van der Waals surface area contributed by atoms with E-state index < -0.39 is 30.1 Å². The van der Waals surface area contributed by atoms with Crippen LogP contribution in [0.25, 0.3) is 21.5 Å². The van der Waals surface area contributed by atoms with Crippen molar-refractivity contribution in [2.75, 3.05) is 18.0 Å². The summed E-state index contributed by atoms with van der Waals surface area (Å²) in [6.45, 7) is 15.6. The molecule has 334 valence electrons. The fourth-order valence-corrected chi connectivity index (χ4v) is 11.4. The molecule has 4 nitrogen and oxygen atoms in total. The van der Waals surface area contributed by atoms with E-state index in [0.29, 0.717) is 22.6 Å². The summed E-state index contributed by atoms with van der Waals surface area (Å²) < 4.78 is 81.6. The predicted octanol–water partition coefficient (Wildman–Crippen LogP) is 11.4. The average Bonchev–Trinajstić information content (AvgIpc) is 3.81. The van der Waals surface area contributed by atoms with Gasteiger partial charge < -0.3 is 9.60 Å². The molecule has 8 rings (SSSR count). The Morgan fingerprint density at radius 3 is 1.87 bits per heavy atom. The zero-order valence-electron chi connectivity index (χ0n) is 36.6. The van der Waals surface area contributed by atoms with Crippen molar-refractivity contribution in [2.24, 2.45) is 0 Å². The molecule has 2 heterocycles. The van der Waals surface area contributed by atoms with E-state index in [1.165, 1.54) is 55.5 Å². The van der Waals surface area contributed by atoms with E-state index >= 15 is 0 Å². The Balaban J connectivity index is 0.000000883. The van der Waals surface area contributed by atoms with Gasteiger partial charge in [-0.05, 0) is 102 Å². The minimum absolute atomic E-state index is 0. The number of rotatable bonds is 11. The molecule has 0 amide bonds. The number of hydrogen-bond acceptors (Lipinski definition) is 3. The fourth-order valence-electron chi connectivity index (χ4n) is 9.63. The van der Waals surface area contributed by atoms with Crippen molar-refractivity contribution in [3.05, 3.63) is 160 Å². The van der Waals surface area contributed by atoms with Crippen LogP contribution in [0.2, 0.25) is 0 Å². The quantitative estimate of drug-likeness (QED) is 0.0752. The first-order valence-electron chi connectivity index (χ1n) is 21.4. The van der Waals surface area contributed by atoms with Crippen LogP contribution in [0.4, 0.5) is 25.4 Å². The molecular weight excluding hydrogens is 940 g/mol. The first kappa shape index (κ1) is 47.9. The van der Waals surface area contributed by atoms with Crippen LogP contribution in [0.5, 0.6) is 0 Å². The topological polar surface area (TPSA) is 40.4 Å². The number of allylic oxidation sites excluding steroid dienone is 7. The van der Waals surface area contributed by atoms with Crippen LogP contribution >= 0.6 is 0 Å². The SMILES string of the molecule is CCCCN1C(=CC=C2CCC(C=CC3=[N+](CCCC)c4ccc5ccccc5c4C3(C)C)=C2S(=O)(=O)c2ccccc2)C(C)(C)c2c1ccc1ccccc21.[F-].[F][Sb]([F])([F])([F])[F]. The molecule has 5 aromatic carbocycles. The number of fused-ring (bicyclic) bond motifs is 6. The molecule has 0 aromatic heterocycles. The maximum atomic E-state index is 14.8.